The molecular formula is C20H27N5O3. The Kier molecular flexibility index (Phi) is 5.21. The minimum Gasteiger partial charge on any atom is -0.460 e. The fraction of sp³-hybridized carbons (Fsp3) is 0.550. The number of likely N-dealkylation sites (tertiary alicyclic amines) is 1. The topological polar surface area (TPSA) is 103 Å². The third kappa shape index (κ3) is 4.27. The maximum atomic E-state index is 12.4. The lowest BCUT2D eigenvalue weighted by Gasteiger charge is -2.25. The molecule has 1 aliphatic heterocycles. The number of rotatable bonds is 7. The number of likely N-dealkylation sites (N-methyl/N-ethyl adjacent to an activating group) is 1. The van der Waals surface area contributed by atoms with Crippen molar-refractivity contribution in [3.63, 3.8) is 0 Å². The van der Waals surface area contributed by atoms with Crippen LogP contribution in [-0.4, -0.2) is 58.6 Å². The Labute approximate surface area is 164 Å². The number of nitrogens with zero attached hydrogens (tertiary/aromatic N) is 2. The van der Waals surface area contributed by atoms with Crippen molar-refractivity contribution < 1.29 is 14.0 Å². The molecule has 3 heterocycles. The van der Waals surface area contributed by atoms with Crippen molar-refractivity contribution in [2.45, 2.75) is 57.2 Å². The van der Waals surface area contributed by atoms with Gasteiger partial charge in [-0.1, -0.05) is 0 Å². The van der Waals surface area contributed by atoms with Gasteiger partial charge in [0.1, 0.15) is 11.5 Å². The van der Waals surface area contributed by atoms with Gasteiger partial charge < -0.3 is 15.1 Å². The maximum absolute atomic E-state index is 12.4. The first-order valence-electron chi connectivity index (χ1n) is 9.91. The Morgan fingerprint density at radius 2 is 2.04 bits per heavy atom. The summed E-state index contributed by atoms with van der Waals surface area (Å²) in [6.07, 6.45) is 4.68. The summed E-state index contributed by atoms with van der Waals surface area (Å²) in [6.45, 7) is 2.41. The molecular weight excluding hydrogens is 358 g/mol. The van der Waals surface area contributed by atoms with Crippen LogP contribution >= 0.6 is 0 Å². The second-order valence-corrected chi connectivity index (χ2v) is 7.88. The first-order chi connectivity index (χ1) is 13.5. The van der Waals surface area contributed by atoms with Crippen LogP contribution in [0.25, 0.3) is 11.5 Å². The Balaban J connectivity index is 1.26. The fourth-order valence-corrected chi connectivity index (χ4v) is 3.76. The summed E-state index contributed by atoms with van der Waals surface area (Å²) in [5.41, 5.74) is 1.02. The largest absolute Gasteiger partial charge is 0.460 e. The van der Waals surface area contributed by atoms with Crippen molar-refractivity contribution in [3.8, 4) is 11.5 Å². The lowest BCUT2D eigenvalue weighted by atomic mass is 10.1. The quantitative estimate of drug-likeness (QED) is 0.675. The molecule has 0 spiro atoms. The highest BCUT2D eigenvalue weighted by molar-refractivity contribution is 5.93. The van der Waals surface area contributed by atoms with Crippen molar-refractivity contribution >= 4 is 11.8 Å². The van der Waals surface area contributed by atoms with Gasteiger partial charge in [0.25, 0.3) is 5.91 Å². The summed E-state index contributed by atoms with van der Waals surface area (Å²) in [7, 11) is 2.03. The molecule has 2 aromatic heterocycles. The van der Waals surface area contributed by atoms with Gasteiger partial charge in [0.15, 0.2) is 11.5 Å². The molecule has 8 heteroatoms. The van der Waals surface area contributed by atoms with E-state index in [1.54, 1.807) is 6.07 Å². The van der Waals surface area contributed by atoms with Gasteiger partial charge >= 0.3 is 0 Å². The number of carbonyl (C=O) groups excluding carboxylic acids is 2. The minimum absolute atomic E-state index is 0.140. The Morgan fingerprint density at radius 3 is 2.75 bits per heavy atom. The summed E-state index contributed by atoms with van der Waals surface area (Å²) in [6, 6.07) is 6.27. The van der Waals surface area contributed by atoms with E-state index >= 15 is 0 Å². The van der Waals surface area contributed by atoms with Crippen LogP contribution in [-0.2, 0) is 4.79 Å². The first kappa shape index (κ1) is 18.7. The number of H-pyrrole nitrogens is 1. The highest BCUT2D eigenvalue weighted by Crippen LogP contribution is 2.25. The molecule has 2 aromatic rings. The standard InChI is InChI=1S/C20H27N5O3/c1-12-3-8-18(28-12)16-10-17(24-23-16)20(27)21-11-15-7-6-14(25(15)2)9-19(26)22-13-4-5-13/h3,8,10,13-15H,4-7,9,11H2,1-2H3,(H,21,27)(H,22,26)(H,23,24)/t14-,15+/m1/s1. The second-order valence-electron chi connectivity index (χ2n) is 7.88. The van der Waals surface area contributed by atoms with Gasteiger partial charge in [-0.25, -0.2) is 0 Å². The summed E-state index contributed by atoms with van der Waals surface area (Å²) in [4.78, 5) is 26.7. The van der Waals surface area contributed by atoms with Gasteiger partial charge in [-0.15, -0.1) is 0 Å². The van der Waals surface area contributed by atoms with E-state index in [-0.39, 0.29) is 23.9 Å². The van der Waals surface area contributed by atoms with E-state index in [9.17, 15) is 9.59 Å². The third-order valence-electron chi connectivity index (χ3n) is 5.66. The molecule has 28 heavy (non-hydrogen) atoms. The lowest BCUT2D eigenvalue weighted by Crippen LogP contribution is -2.42. The van der Waals surface area contributed by atoms with Gasteiger partial charge in [0.05, 0.1) is 0 Å². The van der Waals surface area contributed by atoms with Crippen LogP contribution in [0.4, 0.5) is 0 Å². The van der Waals surface area contributed by atoms with Crippen molar-refractivity contribution in [1.29, 1.82) is 0 Å². The van der Waals surface area contributed by atoms with Crippen LogP contribution < -0.4 is 10.6 Å². The Hall–Kier alpha value is -2.61. The average Bonchev–Trinajstić information content (AvgIpc) is 3.06. The number of carbonyl (C=O) groups is 2. The van der Waals surface area contributed by atoms with Gasteiger partial charge in [-0.2, -0.15) is 5.10 Å². The number of hydrogen-bond acceptors (Lipinski definition) is 5. The summed E-state index contributed by atoms with van der Waals surface area (Å²) in [5, 5.41) is 12.9. The maximum Gasteiger partial charge on any atom is 0.271 e. The van der Waals surface area contributed by atoms with Gasteiger partial charge in [-0.3, -0.25) is 19.6 Å². The van der Waals surface area contributed by atoms with E-state index in [1.165, 1.54) is 0 Å². The smallest absolute Gasteiger partial charge is 0.271 e. The molecule has 2 amide bonds. The van der Waals surface area contributed by atoms with Crippen molar-refractivity contribution in [2.75, 3.05) is 13.6 Å². The lowest BCUT2D eigenvalue weighted by molar-refractivity contribution is -0.122. The van der Waals surface area contributed by atoms with Gasteiger partial charge in [-0.05, 0) is 51.8 Å². The van der Waals surface area contributed by atoms with Crippen molar-refractivity contribution in [1.82, 2.24) is 25.7 Å². The van der Waals surface area contributed by atoms with Crippen LogP contribution in [0.5, 0.6) is 0 Å². The second kappa shape index (κ2) is 7.79. The monoisotopic (exact) mass is 385 g/mol. The molecule has 0 radical (unpaired) electrons. The molecule has 0 bridgehead atoms. The zero-order valence-corrected chi connectivity index (χ0v) is 16.3. The number of aromatic amines is 1. The van der Waals surface area contributed by atoms with E-state index in [0.29, 0.717) is 36.2 Å². The van der Waals surface area contributed by atoms with Crippen LogP contribution in [0.3, 0.4) is 0 Å². The number of furan rings is 1. The predicted octanol–water partition coefficient (Wildman–Crippen LogP) is 1.84. The molecule has 3 N–H and O–H groups in total. The Morgan fingerprint density at radius 1 is 1.25 bits per heavy atom. The molecule has 1 saturated heterocycles. The van der Waals surface area contributed by atoms with Crippen LogP contribution in [0.1, 0.15) is 48.4 Å². The zero-order chi connectivity index (χ0) is 19.7. The van der Waals surface area contributed by atoms with Crippen molar-refractivity contribution in [3.05, 3.63) is 29.7 Å². The fourth-order valence-electron chi connectivity index (χ4n) is 3.76. The molecule has 2 fully saturated rings. The number of hydrogen-bond donors (Lipinski definition) is 3. The Bertz CT molecular complexity index is 854. The molecule has 4 rings (SSSR count). The van der Waals surface area contributed by atoms with E-state index in [4.69, 9.17) is 4.42 Å². The van der Waals surface area contributed by atoms with Gasteiger partial charge in [0.2, 0.25) is 5.91 Å². The van der Waals surface area contributed by atoms with E-state index in [1.807, 2.05) is 26.1 Å². The van der Waals surface area contributed by atoms with E-state index < -0.39 is 0 Å². The highest BCUT2D eigenvalue weighted by atomic mass is 16.3. The number of nitrogens with one attached hydrogen (secondary N) is 3. The third-order valence-corrected chi connectivity index (χ3v) is 5.66. The average molecular weight is 385 g/mol. The van der Waals surface area contributed by atoms with E-state index in [2.05, 4.69) is 25.7 Å². The van der Waals surface area contributed by atoms with Crippen LogP contribution in [0.15, 0.2) is 22.6 Å². The summed E-state index contributed by atoms with van der Waals surface area (Å²) >= 11 is 0. The van der Waals surface area contributed by atoms with Crippen molar-refractivity contribution in [2.24, 2.45) is 0 Å². The van der Waals surface area contributed by atoms with Crippen LogP contribution in [0.2, 0.25) is 0 Å². The minimum atomic E-state index is -0.214. The normalized spacial score (nSPS) is 22.4. The predicted molar refractivity (Wildman–Crippen MR) is 104 cm³/mol. The number of aromatic nitrogens is 2. The number of amides is 2. The highest BCUT2D eigenvalue weighted by Gasteiger charge is 2.33. The number of aryl methyl sites for hydroxylation is 1. The molecule has 1 aliphatic carbocycles. The summed E-state index contributed by atoms with van der Waals surface area (Å²) in [5.74, 6) is 1.39. The molecule has 1 saturated carbocycles. The molecule has 0 aromatic carbocycles. The van der Waals surface area contributed by atoms with Crippen LogP contribution in [0, 0.1) is 6.92 Å². The zero-order valence-electron chi connectivity index (χ0n) is 16.3. The molecule has 0 unspecified atom stereocenters. The molecule has 2 aliphatic rings. The van der Waals surface area contributed by atoms with Gasteiger partial charge in [0, 0.05) is 37.2 Å². The molecule has 2 atom stereocenters. The van der Waals surface area contributed by atoms with E-state index in [0.717, 1.165) is 31.4 Å². The summed E-state index contributed by atoms with van der Waals surface area (Å²) < 4.78 is 5.55. The first-order valence-corrected chi connectivity index (χ1v) is 9.91. The molecule has 150 valence electrons. The molecule has 8 nitrogen and oxygen atoms in total. The SMILES string of the molecule is Cc1ccc(-c2cc(C(=O)NC[C@@H]3CC[C@H](CC(=O)NC4CC4)N3C)n[nH]2)o1.